The molecule has 0 spiro atoms. The number of aliphatic hydroxyl groups excluding tert-OH is 8. The molecule has 2 fully saturated rings. The van der Waals surface area contributed by atoms with Crippen molar-refractivity contribution in [1.82, 2.24) is 26.2 Å². The first-order valence-electron chi connectivity index (χ1n) is 21.2. The number of aliphatic hydroxyl groups is 8. The number of carboxylic acids is 1. The molecule has 2 saturated heterocycles. The molecule has 57 heavy (non-hydrogen) atoms. The Morgan fingerprint density at radius 2 is 0.842 bits per heavy atom. The van der Waals surface area contributed by atoms with Crippen molar-refractivity contribution < 1.29 is 69.7 Å². The molecule has 19 heteroatoms. The van der Waals surface area contributed by atoms with Gasteiger partial charge in [-0.1, -0.05) is 19.3 Å². The van der Waals surface area contributed by atoms with Gasteiger partial charge in [0.25, 0.3) is 0 Å². The lowest BCUT2D eigenvalue weighted by molar-refractivity contribution is -0.303. The molecule has 0 aliphatic carbocycles. The van der Waals surface area contributed by atoms with E-state index in [1.807, 2.05) is 0 Å². The molecule has 2 aliphatic rings. The molecule has 2 heterocycles. The summed E-state index contributed by atoms with van der Waals surface area (Å²) in [5.74, 6) is -0.720. The summed E-state index contributed by atoms with van der Waals surface area (Å²) >= 11 is 0. The zero-order valence-corrected chi connectivity index (χ0v) is 33.9. The minimum Gasteiger partial charge on any atom is -0.481 e. The summed E-state index contributed by atoms with van der Waals surface area (Å²) < 4.78 is 22.3. The zero-order valence-electron chi connectivity index (χ0n) is 33.9. The molecular formula is C38H77N5O14. The number of carbonyl (C=O) groups is 1. The normalized spacial score (nSPS) is 28.0. The van der Waals surface area contributed by atoms with Gasteiger partial charge in [-0.25, -0.2) is 0 Å². The van der Waals surface area contributed by atoms with Crippen molar-refractivity contribution >= 4 is 5.97 Å². The highest BCUT2D eigenvalue weighted by atomic mass is 16.7. The van der Waals surface area contributed by atoms with Gasteiger partial charge in [-0.3, -0.25) is 9.69 Å². The first-order valence-corrected chi connectivity index (χ1v) is 21.2. The molecule has 19 nitrogen and oxygen atoms in total. The van der Waals surface area contributed by atoms with E-state index in [0.717, 1.165) is 123 Å². The van der Waals surface area contributed by atoms with E-state index >= 15 is 0 Å². The number of rotatable bonds is 36. The van der Waals surface area contributed by atoms with Gasteiger partial charge >= 0.3 is 5.97 Å². The lowest BCUT2D eigenvalue weighted by atomic mass is 9.99. The molecule has 338 valence electrons. The Balaban J connectivity index is 1.52. The van der Waals surface area contributed by atoms with Crippen LogP contribution in [0.3, 0.4) is 0 Å². The predicted molar refractivity (Wildman–Crippen MR) is 210 cm³/mol. The average Bonchev–Trinajstić information content (AvgIpc) is 3.20. The van der Waals surface area contributed by atoms with Crippen molar-refractivity contribution in [3.63, 3.8) is 0 Å². The first-order chi connectivity index (χ1) is 27.6. The second-order valence-electron chi connectivity index (χ2n) is 15.0. The van der Waals surface area contributed by atoms with Crippen LogP contribution in [0.5, 0.6) is 0 Å². The standard InChI is InChI=1S/C38H77N5O14/c44-26-28-31(48)33(50)35(52)37(56-28)54-24-22-43(23-25-55-38-36(53)34(51)32(49)29(27-45)57-38)21-11-2-1-5-13-39-15-7-8-16-40-17-9-10-18-42-20-19-41-14-6-3-4-12-30(46)47/h28-29,31-42,44-45,48-53H,1-27H2,(H,46,47)/t28-,29-,31-,32-,33+,34+,35+,36+,37+,38+/m1/s1. The van der Waals surface area contributed by atoms with E-state index in [1.54, 1.807) is 0 Å². The van der Waals surface area contributed by atoms with Crippen LogP contribution in [-0.2, 0) is 23.7 Å². The van der Waals surface area contributed by atoms with Crippen molar-refractivity contribution in [2.24, 2.45) is 0 Å². The lowest BCUT2D eigenvalue weighted by Crippen LogP contribution is -2.59. The van der Waals surface area contributed by atoms with E-state index in [4.69, 9.17) is 24.1 Å². The van der Waals surface area contributed by atoms with Gasteiger partial charge in [0.05, 0.1) is 26.4 Å². The second-order valence-corrected chi connectivity index (χ2v) is 15.0. The highest BCUT2D eigenvalue weighted by molar-refractivity contribution is 5.66. The van der Waals surface area contributed by atoms with Crippen molar-refractivity contribution in [2.75, 3.05) is 98.4 Å². The fourth-order valence-electron chi connectivity index (χ4n) is 6.66. The summed E-state index contributed by atoms with van der Waals surface area (Å²) in [6.07, 6.45) is -2.16. The van der Waals surface area contributed by atoms with Crippen molar-refractivity contribution in [2.45, 2.75) is 138 Å². The highest BCUT2D eigenvalue weighted by Crippen LogP contribution is 2.23. The van der Waals surface area contributed by atoms with Crippen LogP contribution in [0.25, 0.3) is 0 Å². The fourth-order valence-corrected chi connectivity index (χ4v) is 6.66. The number of nitrogens with zero attached hydrogens (tertiary/aromatic N) is 1. The molecule has 0 amide bonds. The monoisotopic (exact) mass is 828 g/mol. The zero-order chi connectivity index (χ0) is 41.7. The number of unbranched alkanes of at least 4 members (excludes halogenated alkanes) is 7. The summed E-state index contributed by atoms with van der Waals surface area (Å²) in [6.45, 7) is 8.35. The Labute approximate surface area is 338 Å². The number of carboxylic acid groups (broad SMARTS) is 1. The molecule has 0 aromatic rings. The van der Waals surface area contributed by atoms with Gasteiger partial charge in [-0.2, -0.15) is 0 Å². The maximum atomic E-state index is 10.5. The first kappa shape index (κ1) is 51.9. The van der Waals surface area contributed by atoms with E-state index < -0.39 is 80.6 Å². The molecule has 0 aromatic carbocycles. The molecule has 13 N–H and O–H groups in total. The molecular weight excluding hydrogens is 750 g/mol. The Bertz CT molecular complexity index is 937. The molecule has 0 radical (unpaired) electrons. The molecule has 0 aromatic heterocycles. The molecule has 0 bridgehead atoms. The second kappa shape index (κ2) is 32.5. The van der Waals surface area contributed by atoms with Crippen LogP contribution < -0.4 is 21.3 Å². The van der Waals surface area contributed by atoms with Crippen molar-refractivity contribution in [3.8, 4) is 0 Å². The average molecular weight is 828 g/mol. The van der Waals surface area contributed by atoms with Crippen molar-refractivity contribution in [1.29, 1.82) is 0 Å². The quantitative estimate of drug-likeness (QED) is 0.0281. The van der Waals surface area contributed by atoms with Crippen LogP contribution in [-0.4, -0.2) is 217 Å². The van der Waals surface area contributed by atoms with Gasteiger partial charge in [-0.05, 0) is 97.2 Å². The minimum atomic E-state index is -1.54. The Hall–Kier alpha value is -1.21. The lowest BCUT2D eigenvalue weighted by Gasteiger charge is -2.40. The van der Waals surface area contributed by atoms with E-state index in [2.05, 4.69) is 26.2 Å². The molecule has 2 rings (SSSR count). The summed E-state index contributed by atoms with van der Waals surface area (Å²) in [5, 5.41) is 102. The van der Waals surface area contributed by atoms with Gasteiger partial charge in [0.15, 0.2) is 12.6 Å². The smallest absolute Gasteiger partial charge is 0.303 e. The third kappa shape index (κ3) is 22.3. The molecule has 0 saturated carbocycles. The highest BCUT2D eigenvalue weighted by Gasteiger charge is 2.45. The van der Waals surface area contributed by atoms with Crippen LogP contribution in [0.1, 0.15) is 77.0 Å². The van der Waals surface area contributed by atoms with E-state index in [-0.39, 0.29) is 19.6 Å². The third-order valence-electron chi connectivity index (χ3n) is 10.3. The SMILES string of the molecule is O=C(O)CCCCCNCCNCCCCNCCCCNCCCCCCN(CCO[C@H]1O[C@H](CO)[C@@H](O)[C@H](O)[C@@H]1O)CCO[C@H]1O[C@H](CO)[C@@H](O)[C@H](O)[C@@H]1O. The molecule has 2 aliphatic heterocycles. The third-order valence-corrected chi connectivity index (χ3v) is 10.3. The minimum absolute atomic E-state index is 0.0976. The molecule has 10 atom stereocenters. The number of hydrogen-bond acceptors (Lipinski definition) is 18. The predicted octanol–water partition coefficient (Wildman–Crippen LogP) is -2.95. The number of ether oxygens (including phenoxy) is 4. The van der Waals surface area contributed by atoms with Gasteiger partial charge < -0.3 is 86.2 Å². The van der Waals surface area contributed by atoms with Crippen LogP contribution in [0, 0.1) is 0 Å². The fraction of sp³-hybridized carbons (Fsp3) is 0.974. The van der Waals surface area contributed by atoms with E-state index in [0.29, 0.717) is 19.6 Å². The summed E-state index contributed by atoms with van der Waals surface area (Å²) in [7, 11) is 0. The van der Waals surface area contributed by atoms with Gasteiger partial charge in [0, 0.05) is 32.6 Å². The number of hydrogen-bond donors (Lipinski definition) is 13. The van der Waals surface area contributed by atoms with Crippen molar-refractivity contribution in [3.05, 3.63) is 0 Å². The van der Waals surface area contributed by atoms with Crippen LogP contribution in [0.15, 0.2) is 0 Å². The van der Waals surface area contributed by atoms with Crippen LogP contribution in [0.2, 0.25) is 0 Å². The number of aliphatic carboxylic acids is 1. The molecule has 0 unspecified atom stereocenters. The summed E-state index contributed by atoms with van der Waals surface area (Å²) in [4.78, 5) is 12.5. The summed E-state index contributed by atoms with van der Waals surface area (Å²) in [6, 6.07) is 0. The van der Waals surface area contributed by atoms with Gasteiger partial charge in [0.2, 0.25) is 0 Å². The topological polar surface area (TPSA) is 287 Å². The van der Waals surface area contributed by atoms with Crippen LogP contribution >= 0.6 is 0 Å². The van der Waals surface area contributed by atoms with Gasteiger partial charge in [0.1, 0.15) is 48.8 Å². The Kier molecular flexibility index (Phi) is 29.7. The Morgan fingerprint density at radius 3 is 1.25 bits per heavy atom. The maximum absolute atomic E-state index is 10.5. The van der Waals surface area contributed by atoms with E-state index in [9.17, 15) is 45.6 Å². The van der Waals surface area contributed by atoms with Gasteiger partial charge in [-0.15, -0.1) is 0 Å². The Morgan fingerprint density at radius 1 is 0.474 bits per heavy atom. The summed E-state index contributed by atoms with van der Waals surface area (Å²) in [5.41, 5.74) is 0. The largest absolute Gasteiger partial charge is 0.481 e. The number of nitrogens with one attached hydrogen (secondary N) is 4. The van der Waals surface area contributed by atoms with Crippen LogP contribution in [0.4, 0.5) is 0 Å². The maximum Gasteiger partial charge on any atom is 0.303 e. The van der Waals surface area contributed by atoms with E-state index in [1.165, 1.54) is 0 Å².